The molecule has 0 saturated heterocycles. The third-order valence-electron chi connectivity index (χ3n) is 8.61. The fourth-order valence-electron chi connectivity index (χ4n) is 6.73. The van der Waals surface area contributed by atoms with E-state index in [0.717, 1.165) is 29.6 Å². The van der Waals surface area contributed by atoms with Crippen LogP contribution in [0, 0.1) is 0 Å². The van der Waals surface area contributed by atoms with E-state index in [4.69, 9.17) is 4.42 Å². The van der Waals surface area contributed by atoms with Gasteiger partial charge in [0.15, 0.2) is 0 Å². The van der Waals surface area contributed by atoms with Crippen LogP contribution in [0.4, 0.5) is 0 Å². The molecule has 0 bridgehead atoms. The predicted octanol–water partition coefficient (Wildman–Crippen LogP) is 11.1. The van der Waals surface area contributed by atoms with Gasteiger partial charge in [-0.2, -0.15) is 0 Å². The maximum Gasteiger partial charge on any atom is 0.143 e. The molecule has 1 aliphatic rings. The smallest absolute Gasteiger partial charge is 0.143 e. The molecule has 6 aromatic carbocycles. The van der Waals surface area contributed by atoms with Crippen molar-refractivity contribution >= 4 is 53.4 Å². The highest BCUT2D eigenvalue weighted by Crippen LogP contribution is 2.45. The van der Waals surface area contributed by atoms with Crippen molar-refractivity contribution < 1.29 is 4.42 Å². The zero-order chi connectivity index (χ0) is 26.2. The molecule has 0 atom stereocenters. The van der Waals surface area contributed by atoms with Crippen LogP contribution in [0.2, 0.25) is 0 Å². The minimum Gasteiger partial charge on any atom is -0.455 e. The monoisotopic (exact) mass is 528 g/mol. The Morgan fingerprint density at radius 3 is 2.08 bits per heavy atom. The lowest BCUT2D eigenvalue weighted by atomic mass is 9.83. The molecule has 9 rings (SSSR count). The molecular weight excluding hydrogens is 504 g/mol. The Kier molecular flexibility index (Phi) is 4.67. The van der Waals surface area contributed by atoms with Crippen molar-refractivity contribution in [1.82, 2.24) is 0 Å². The van der Waals surface area contributed by atoms with Crippen molar-refractivity contribution in [1.29, 1.82) is 0 Å². The van der Waals surface area contributed by atoms with E-state index in [1.165, 1.54) is 69.9 Å². The topological polar surface area (TPSA) is 13.1 Å². The van der Waals surface area contributed by atoms with E-state index in [1.54, 1.807) is 0 Å². The van der Waals surface area contributed by atoms with Gasteiger partial charge in [0.25, 0.3) is 0 Å². The Balaban J connectivity index is 1.20. The summed E-state index contributed by atoms with van der Waals surface area (Å²) in [6.45, 7) is 0. The summed E-state index contributed by atoms with van der Waals surface area (Å²) in [5.41, 5.74) is 12.3. The number of benzene rings is 6. The number of thiophene rings is 1. The second-order valence-corrected chi connectivity index (χ2v) is 11.8. The van der Waals surface area contributed by atoms with Crippen LogP contribution in [0.15, 0.2) is 126 Å². The van der Waals surface area contributed by atoms with Crippen LogP contribution in [0.3, 0.4) is 0 Å². The molecule has 40 heavy (non-hydrogen) atoms. The van der Waals surface area contributed by atoms with Gasteiger partial charge >= 0.3 is 0 Å². The van der Waals surface area contributed by atoms with Crippen molar-refractivity contribution in [3.05, 3.63) is 132 Å². The van der Waals surface area contributed by atoms with Gasteiger partial charge in [-0.1, -0.05) is 109 Å². The second-order valence-electron chi connectivity index (χ2n) is 10.8. The summed E-state index contributed by atoms with van der Waals surface area (Å²) in [4.78, 5) is 0. The molecule has 2 heterocycles. The summed E-state index contributed by atoms with van der Waals surface area (Å²) in [5.74, 6) is 0. The van der Waals surface area contributed by atoms with Crippen LogP contribution in [-0.4, -0.2) is 0 Å². The molecular formula is C38H24OS. The van der Waals surface area contributed by atoms with Crippen LogP contribution in [0.5, 0.6) is 0 Å². The van der Waals surface area contributed by atoms with Gasteiger partial charge in [0.2, 0.25) is 0 Å². The van der Waals surface area contributed by atoms with E-state index in [0.29, 0.717) is 0 Å². The molecule has 0 radical (unpaired) electrons. The first-order chi connectivity index (χ1) is 19.8. The minimum atomic E-state index is 0.964. The molecule has 1 nitrogen and oxygen atoms in total. The van der Waals surface area contributed by atoms with Gasteiger partial charge < -0.3 is 4.42 Å². The number of hydrogen-bond donors (Lipinski definition) is 0. The number of furan rings is 1. The van der Waals surface area contributed by atoms with Crippen LogP contribution >= 0.6 is 11.3 Å². The highest BCUT2D eigenvalue weighted by Gasteiger charge is 2.22. The van der Waals surface area contributed by atoms with Gasteiger partial charge in [0.1, 0.15) is 11.2 Å². The first-order valence-corrected chi connectivity index (χ1v) is 14.7. The summed E-state index contributed by atoms with van der Waals surface area (Å²) in [6, 6.07) is 44.2. The van der Waals surface area contributed by atoms with E-state index in [-0.39, 0.29) is 0 Å². The predicted molar refractivity (Wildman–Crippen MR) is 170 cm³/mol. The Morgan fingerprint density at radius 1 is 0.500 bits per heavy atom. The third kappa shape index (κ3) is 3.14. The Bertz CT molecular complexity index is 2260. The maximum atomic E-state index is 6.63. The van der Waals surface area contributed by atoms with Crippen molar-refractivity contribution in [3.63, 3.8) is 0 Å². The summed E-state index contributed by atoms with van der Waals surface area (Å²) < 4.78 is 9.31. The minimum absolute atomic E-state index is 0.964. The molecule has 0 unspecified atom stereocenters. The average Bonchev–Trinajstić information content (AvgIpc) is 3.59. The Hall–Kier alpha value is -4.66. The number of hydrogen-bond acceptors (Lipinski definition) is 2. The van der Waals surface area contributed by atoms with E-state index in [9.17, 15) is 0 Å². The van der Waals surface area contributed by atoms with Crippen LogP contribution in [-0.2, 0) is 12.8 Å². The average molecular weight is 529 g/mol. The van der Waals surface area contributed by atoms with Crippen LogP contribution in [0.25, 0.3) is 75.5 Å². The van der Waals surface area contributed by atoms with E-state index < -0.39 is 0 Å². The molecule has 0 N–H and O–H groups in total. The Labute approximate surface area is 235 Å². The lowest BCUT2D eigenvalue weighted by Crippen LogP contribution is -2.03. The molecule has 0 spiro atoms. The lowest BCUT2D eigenvalue weighted by Gasteiger charge is -2.20. The molecule has 0 saturated carbocycles. The van der Waals surface area contributed by atoms with Gasteiger partial charge in [-0.3, -0.25) is 0 Å². The van der Waals surface area contributed by atoms with Gasteiger partial charge in [-0.05, 0) is 63.9 Å². The standard InChI is InChI=1S/C38H24OS/c1-2-8-27-23(7-1)19-20-26-21-22-33-36(35(26)27)32-13-5-10-28(37(32)39-33)24-15-17-25(18-16-24)29-11-6-12-31-30-9-3-4-14-34(30)40-38(29)31/h1-18,21-22H,19-20H2. The largest absolute Gasteiger partial charge is 0.455 e. The summed E-state index contributed by atoms with van der Waals surface area (Å²) in [5, 5.41) is 5.11. The fraction of sp³-hybridized carbons (Fsp3) is 0.0526. The third-order valence-corrected chi connectivity index (χ3v) is 9.83. The SMILES string of the molecule is c1ccc2c(c1)CCc1ccc3oc4c(-c5ccc(-c6cccc7c6sc6ccccc67)cc5)cccc4c3c1-2. The molecule has 2 aromatic heterocycles. The lowest BCUT2D eigenvalue weighted by molar-refractivity contribution is 0.670. The highest BCUT2D eigenvalue weighted by atomic mass is 32.1. The fourth-order valence-corrected chi connectivity index (χ4v) is 7.97. The van der Waals surface area contributed by atoms with Gasteiger partial charge in [0.05, 0.1) is 0 Å². The second kappa shape index (κ2) is 8.42. The molecule has 188 valence electrons. The van der Waals surface area contributed by atoms with Gasteiger partial charge in [0, 0.05) is 36.5 Å². The van der Waals surface area contributed by atoms with E-state index in [1.807, 2.05) is 11.3 Å². The zero-order valence-corrected chi connectivity index (χ0v) is 22.6. The van der Waals surface area contributed by atoms with Gasteiger partial charge in [-0.25, -0.2) is 0 Å². The molecule has 0 aliphatic heterocycles. The number of fused-ring (bicyclic) bond motifs is 10. The first-order valence-electron chi connectivity index (χ1n) is 13.9. The molecule has 1 aliphatic carbocycles. The molecule has 0 fully saturated rings. The molecule has 2 heteroatoms. The van der Waals surface area contributed by atoms with E-state index >= 15 is 0 Å². The van der Waals surface area contributed by atoms with Crippen molar-refractivity contribution in [2.75, 3.05) is 0 Å². The molecule has 0 amide bonds. The normalized spacial score (nSPS) is 12.8. The zero-order valence-electron chi connectivity index (χ0n) is 21.8. The van der Waals surface area contributed by atoms with Gasteiger partial charge in [-0.15, -0.1) is 11.3 Å². The van der Waals surface area contributed by atoms with Crippen LogP contribution in [0.1, 0.15) is 11.1 Å². The highest BCUT2D eigenvalue weighted by molar-refractivity contribution is 7.26. The summed E-state index contributed by atoms with van der Waals surface area (Å²) in [6.07, 6.45) is 2.17. The summed E-state index contributed by atoms with van der Waals surface area (Å²) in [7, 11) is 0. The quantitative estimate of drug-likeness (QED) is 0.217. The molecule has 8 aromatic rings. The summed E-state index contributed by atoms with van der Waals surface area (Å²) >= 11 is 1.88. The number of rotatable bonds is 2. The van der Waals surface area contributed by atoms with Crippen molar-refractivity contribution in [2.45, 2.75) is 12.8 Å². The first kappa shape index (κ1) is 22.2. The maximum absolute atomic E-state index is 6.63. The van der Waals surface area contributed by atoms with E-state index in [2.05, 4.69) is 121 Å². The van der Waals surface area contributed by atoms with Crippen LogP contribution < -0.4 is 0 Å². The number of para-hydroxylation sites is 1. The van der Waals surface area contributed by atoms with Crippen molar-refractivity contribution in [2.24, 2.45) is 0 Å². The van der Waals surface area contributed by atoms with Crippen molar-refractivity contribution in [3.8, 4) is 33.4 Å². The number of aryl methyl sites for hydroxylation is 2. The Morgan fingerprint density at radius 2 is 1.18 bits per heavy atom.